The number of esters is 1. The third-order valence-electron chi connectivity index (χ3n) is 6.26. The molecule has 0 bridgehead atoms. The molecule has 5 rings (SSSR count). The molecule has 196 valence electrons. The van der Waals surface area contributed by atoms with Crippen LogP contribution in [0, 0.1) is 13.8 Å². The normalized spacial score (nSPS) is 14.3. The van der Waals surface area contributed by atoms with Gasteiger partial charge in [0.25, 0.3) is 11.1 Å². The molecule has 1 aliphatic rings. The van der Waals surface area contributed by atoms with E-state index < -0.39 is 11.9 Å². The van der Waals surface area contributed by atoms with Gasteiger partial charge in [-0.3, -0.25) is 14.5 Å². The predicted molar refractivity (Wildman–Crippen MR) is 157 cm³/mol. The van der Waals surface area contributed by atoms with Crippen LogP contribution in [0.25, 0.3) is 16.8 Å². The lowest BCUT2D eigenvalue weighted by atomic mass is 10.0. The van der Waals surface area contributed by atoms with Gasteiger partial charge < -0.3 is 9.47 Å². The van der Waals surface area contributed by atoms with E-state index in [1.807, 2.05) is 62.4 Å². The van der Waals surface area contributed by atoms with Gasteiger partial charge in [-0.15, -0.1) is 0 Å². The maximum absolute atomic E-state index is 13.1. The number of imide groups is 1. The van der Waals surface area contributed by atoms with E-state index in [-0.39, 0.29) is 29.0 Å². The molecule has 0 unspecified atom stereocenters. The van der Waals surface area contributed by atoms with Gasteiger partial charge in [0.1, 0.15) is 18.1 Å². The zero-order chi connectivity index (χ0) is 27.5. The van der Waals surface area contributed by atoms with Crippen molar-refractivity contribution in [1.82, 2.24) is 4.90 Å². The van der Waals surface area contributed by atoms with Crippen molar-refractivity contribution in [2.75, 3.05) is 13.2 Å². The molecule has 6 nitrogen and oxygen atoms in total. The van der Waals surface area contributed by atoms with Crippen LogP contribution in [-0.4, -0.2) is 35.2 Å². The van der Waals surface area contributed by atoms with Gasteiger partial charge in [-0.05, 0) is 83.9 Å². The van der Waals surface area contributed by atoms with Crippen LogP contribution in [0.1, 0.15) is 27.0 Å². The van der Waals surface area contributed by atoms with Gasteiger partial charge in [0.15, 0.2) is 0 Å². The molecule has 1 fully saturated rings. The zero-order valence-electron chi connectivity index (χ0n) is 21.3. The van der Waals surface area contributed by atoms with Crippen LogP contribution in [0.3, 0.4) is 0 Å². The molecule has 0 atom stereocenters. The second-order valence-electron chi connectivity index (χ2n) is 9.05. The highest BCUT2D eigenvalue weighted by molar-refractivity contribution is 9.10. The summed E-state index contributed by atoms with van der Waals surface area (Å²) in [5.41, 5.74) is 2.98. The van der Waals surface area contributed by atoms with E-state index in [0.717, 1.165) is 43.9 Å². The molecule has 39 heavy (non-hydrogen) atoms. The smallest absolute Gasteiger partial charge is 0.344 e. The molecule has 1 aliphatic heterocycles. The molecular weight excluding hydrogens is 578 g/mol. The molecule has 0 spiro atoms. The van der Waals surface area contributed by atoms with Gasteiger partial charge in [-0.1, -0.05) is 64.5 Å². The van der Waals surface area contributed by atoms with E-state index >= 15 is 0 Å². The van der Waals surface area contributed by atoms with Crippen molar-refractivity contribution in [1.29, 1.82) is 0 Å². The summed E-state index contributed by atoms with van der Waals surface area (Å²) >= 11 is 4.29. The Balaban J connectivity index is 1.34. The number of ether oxygens (including phenoxy) is 2. The average molecular weight is 603 g/mol. The van der Waals surface area contributed by atoms with Crippen LogP contribution >= 0.6 is 27.7 Å². The monoisotopic (exact) mass is 601 g/mol. The molecule has 0 aromatic heterocycles. The first kappa shape index (κ1) is 26.7. The summed E-state index contributed by atoms with van der Waals surface area (Å²) in [5, 5.41) is 1.34. The van der Waals surface area contributed by atoms with Gasteiger partial charge in [-0.25, -0.2) is 4.79 Å². The minimum absolute atomic E-state index is 0.122. The number of carbonyl (C=O) groups excluding carboxylic acids is 3. The SMILES string of the molecule is Cc1ccc(C)c(OCCN2C(=O)S/C(=C\c3cc(Br)ccc3OC(=O)c3cccc4ccccc34)C2=O)c1. The van der Waals surface area contributed by atoms with Crippen molar-refractivity contribution >= 4 is 61.7 Å². The van der Waals surface area contributed by atoms with Gasteiger partial charge in [0.05, 0.1) is 17.0 Å². The standard InChI is InChI=1S/C31H24BrNO5S/c1-19-10-11-20(2)27(16-19)37-15-14-33-29(34)28(39-31(33)36)18-22-17-23(32)12-13-26(22)38-30(35)25-9-5-7-21-6-3-4-8-24(21)25/h3-13,16-18H,14-15H2,1-2H3/b28-18-. The summed E-state index contributed by atoms with van der Waals surface area (Å²) in [4.78, 5) is 40.3. The molecule has 0 aliphatic carbocycles. The third kappa shape index (κ3) is 5.92. The fourth-order valence-corrected chi connectivity index (χ4v) is 5.46. The molecular formula is C31H24BrNO5S. The van der Waals surface area contributed by atoms with Crippen LogP contribution in [0.2, 0.25) is 0 Å². The number of nitrogens with zero attached hydrogens (tertiary/aromatic N) is 1. The minimum atomic E-state index is -0.513. The first-order valence-corrected chi connectivity index (χ1v) is 13.9. The van der Waals surface area contributed by atoms with E-state index in [9.17, 15) is 14.4 Å². The Hall–Kier alpha value is -3.88. The Morgan fingerprint density at radius 1 is 0.949 bits per heavy atom. The van der Waals surface area contributed by atoms with Crippen molar-refractivity contribution in [3.05, 3.63) is 110 Å². The average Bonchev–Trinajstić information content (AvgIpc) is 3.19. The molecule has 0 saturated carbocycles. The largest absolute Gasteiger partial charge is 0.491 e. The lowest BCUT2D eigenvalue weighted by Gasteiger charge is -2.14. The number of aryl methyl sites for hydroxylation is 2. The highest BCUT2D eigenvalue weighted by Gasteiger charge is 2.35. The van der Waals surface area contributed by atoms with Gasteiger partial charge in [-0.2, -0.15) is 0 Å². The second kappa shape index (κ2) is 11.5. The maximum atomic E-state index is 13.1. The van der Waals surface area contributed by atoms with E-state index in [4.69, 9.17) is 9.47 Å². The maximum Gasteiger partial charge on any atom is 0.344 e. The summed E-state index contributed by atoms with van der Waals surface area (Å²) in [5.74, 6) is 0.0758. The number of hydrogen-bond donors (Lipinski definition) is 0. The summed E-state index contributed by atoms with van der Waals surface area (Å²) in [6.07, 6.45) is 1.58. The number of thioether (sulfide) groups is 1. The molecule has 2 amide bonds. The molecule has 4 aromatic carbocycles. The van der Waals surface area contributed by atoms with Crippen LogP contribution < -0.4 is 9.47 Å². The van der Waals surface area contributed by atoms with Crippen LogP contribution in [-0.2, 0) is 4.79 Å². The van der Waals surface area contributed by atoms with Crippen molar-refractivity contribution in [2.45, 2.75) is 13.8 Å². The molecule has 0 N–H and O–H groups in total. The van der Waals surface area contributed by atoms with E-state index in [1.165, 1.54) is 4.90 Å². The molecule has 1 saturated heterocycles. The minimum Gasteiger partial charge on any atom is -0.491 e. The van der Waals surface area contributed by atoms with Gasteiger partial charge >= 0.3 is 5.97 Å². The van der Waals surface area contributed by atoms with Crippen molar-refractivity contribution in [2.24, 2.45) is 0 Å². The number of amides is 2. The number of fused-ring (bicyclic) bond motifs is 1. The predicted octanol–water partition coefficient (Wildman–Crippen LogP) is 7.55. The zero-order valence-corrected chi connectivity index (χ0v) is 23.7. The number of rotatable bonds is 7. The molecule has 1 heterocycles. The Morgan fingerprint density at radius 2 is 1.74 bits per heavy atom. The van der Waals surface area contributed by atoms with Crippen LogP contribution in [0.4, 0.5) is 4.79 Å². The Morgan fingerprint density at radius 3 is 2.59 bits per heavy atom. The Labute approximate surface area is 238 Å². The lowest BCUT2D eigenvalue weighted by Crippen LogP contribution is -2.32. The first-order valence-electron chi connectivity index (χ1n) is 12.2. The summed E-state index contributed by atoms with van der Waals surface area (Å²) in [6, 6.07) is 24.1. The fourth-order valence-electron chi connectivity index (χ4n) is 4.23. The molecule has 8 heteroatoms. The van der Waals surface area contributed by atoms with E-state index in [2.05, 4.69) is 15.9 Å². The van der Waals surface area contributed by atoms with Gasteiger partial charge in [0.2, 0.25) is 0 Å². The Bertz CT molecular complexity index is 1640. The number of hydrogen-bond acceptors (Lipinski definition) is 6. The van der Waals surface area contributed by atoms with Crippen LogP contribution in [0.5, 0.6) is 11.5 Å². The van der Waals surface area contributed by atoms with E-state index in [0.29, 0.717) is 11.1 Å². The molecule has 4 aromatic rings. The second-order valence-corrected chi connectivity index (χ2v) is 11.0. The highest BCUT2D eigenvalue weighted by Crippen LogP contribution is 2.35. The van der Waals surface area contributed by atoms with E-state index in [1.54, 1.807) is 36.4 Å². The summed E-state index contributed by atoms with van der Waals surface area (Å²) < 4.78 is 12.4. The Kier molecular flexibility index (Phi) is 7.86. The fraction of sp³-hybridized carbons (Fsp3) is 0.129. The van der Waals surface area contributed by atoms with Gasteiger partial charge in [0, 0.05) is 10.0 Å². The first-order chi connectivity index (χ1) is 18.8. The quantitative estimate of drug-likeness (QED) is 0.124. The number of carbonyl (C=O) groups is 3. The third-order valence-corrected chi connectivity index (χ3v) is 7.66. The number of halogens is 1. The highest BCUT2D eigenvalue weighted by atomic mass is 79.9. The molecule has 0 radical (unpaired) electrons. The number of benzene rings is 4. The summed E-state index contributed by atoms with van der Waals surface area (Å²) in [7, 11) is 0. The topological polar surface area (TPSA) is 72.9 Å². The van der Waals surface area contributed by atoms with Crippen molar-refractivity contribution in [3.8, 4) is 11.5 Å². The summed E-state index contributed by atoms with van der Waals surface area (Å²) in [6.45, 7) is 4.22. The van der Waals surface area contributed by atoms with Crippen LogP contribution in [0.15, 0.2) is 88.2 Å². The van der Waals surface area contributed by atoms with Crippen molar-refractivity contribution in [3.63, 3.8) is 0 Å². The lowest BCUT2D eigenvalue weighted by molar-refractivity contribution is -0.123. The van der Waals surface area contributed by atoms with Crippen molar-refractivity contribution < 1.29 is 23.9 Å².